The minimum atomic E-state index is -1.08. The summed E-state index contributed by atoms with van der Waals surface area (Å²) < 4.78 is 6.82. The topological polar surface area (TPSA) is 106 Å². The van der Waals surface area contributed by atoms with E-state index in [1.54, 1.807) is 23.5 Å². The fourth-order valence-electron chi connectivity index (χ4n) is 4.30. The highest BCUT2D eigenvalue weighted by atomic mass is 16.5. The third kappa shape index (κ3) is 4.44. The Labute approximate surface area is 193 Å². The molecule has 1 unspecified atom stereocenters. The normalized spacial score (nSPS) is 19.7. The number of methoxy groups -OCH3 is 1. The van der Waals surface area contributed by atoms with E-state index < -0.39 is 5.54 Å². The minimum absolute atomic E-state index is 0.00566. The van der Waals surface area contributed by atoms with Crippen LogP contribution in [0.15, 0.2) is 30.6 Å². The van der Waals surface area contributed by atoms with Crippen LogP contribution in [0.4, 0.5) is 0 Å². The van der Waals surface area contributed by atoms with E-state index in [9.17, 15) is 14.4 Å². The van der Waals surface area contributed by atoms with E-state index in [4.69, 9.17) is 4.74 Å². The molecule has 1 atom stereocenters. The summed E-state index contributed by atoms with van der Waals surface area (Å²) >= 11 is 0. The van der Waals surface area contributed by atoms with Gasteiger partial charge in [-0.3, -0.25) is 14.4 Å². The van der Waals surface area contributed by atoms with Gasteiger partial charge in [-0.1, -0.05) is 25.5 Å². The summed E-state index contributed by atoms with van der Waals surface area (Å²) in [6.45, 7) is 4.95. The Morgan fingerprint density at radius 1 is 1.21 bits per heavy atom. The quantitative estimate of drug-likeness (QED) is 0.566. The van der Waals surface area contributed by atoms with Crippen LogP contribution < -0.4 is 15.4 Å². The number of carbonyl (C=O) groups is 3. The second-order valence-electron chi connectivity index (χ2n) is 8.89. The molecular formula is C24H31N5O4. The van der Waals surface area contributed by atoms with Gasteiger partial charge in [-0.15, -0.1) is 0 Å². The average Bonchev–Trinajstić information content (AvgIpc) is 3.55. The maximum Gasteiger partial charge on any atom is 0.274 e. The Balaban J connectivity index is 1.54. The molecule has 1 aromatic heterocycles. The Kier molecular flexibility index (Phi) is 6.40. The van der Waals surface area contributed by atoms with Crippen molar-refractivity contribution in [3.8, 4) is 5.75 Å². The van der Waals surface area contributed by atoms with Crippen molar-refractivity contribution in [3.63, 3.8) is 0 Å². The lowest BCUT2D eigenvalue weighted by atomic mass is 9.93. The number of imidazole rings is 1. The first-order valence-electron chi connectivity index (χ1n) is 11.5. The third-order valence-corrected chi connectivity index (χ3v) is 6.31. The molecule has 3 amide bonds. The van der Waals surface area contributed by atoms with E-state index >= 15 is 0 Å². The number of carbonyl (C=O) groups excluding carboxylic acids is 3. The summed E-state index contributed by atoms with van der Waals surface area (Å²) in [5.41, 5.74) is 0.245. The first kappa shape index (κ1) is 22.8. The smallest absolute Gasteiger partial charge is 0.274 e. The molecule has 2 heterocycles. The first-order chi connectivity index (χ1) is 15.9. The van der Waals surface area contributed by atoms with Crippen LogP contribution in [0, 0.1) is 0 Å². The molecule has 0 radical (unpaired) electrons. The number of nitrogens with one attached hydrogen (secondary N) is 2. The molecule has 1 aliphatic heterocycles. The number of hydrogen-bond donors (Lipinski definition) is 2. The second kappa shape index (κ2) is 9.25. The second-order valence-corrected chi connectivity index (χ2v) is 8.89. The molecule has 0 spiro atoms. The van der Waals surface area contributed by atoms with Crippen LogP contribution in [0.5, 0.6) is 5.75 Å². The molecule has 1 saturated carbocycles. The van der Waals surface area contributed by atoms with E-state index in [0.717, 1.165) is 37.0 Å². The lowest BCUT2D eigenvalue weighted by Crippen LogP contribution is -2.64. The van der Waals surface area contributed by atoms with Gasteiger partial charge in [0.1, 0.15) is 17.0 Å². The maximum atomic E-state index is 13.6. The molecule has 1 aromatic carbocycles. The number of ether oxygens (including phenoxy) is 1. The van der Waals surface area contributed by atoms with Gasteiger partial charge < -0.3 is 24.8 Å². The first-order valence-corrected chi connectivity index (χ1v) is 11.5. The molecule has 1 fully saturated rings. The Morgan fingerprint density at radius 3 is 2.58 bits per heavy atom. The summed E-state index contributed by atoms with van der Waals surface area (Å²) in [5, 5.41) is 5.82. The van der Waals surface area contributed by atoms with Gasteiger partial charge in [-0.25, -0.2) is 4.98 Å². The zero-order chi connectivity index (χ0) is 23.6. The van der Waals surface area contributed by atoms with Crippen molar-refractivity contribution in [3.05, 3.63) is 47.5 Å². The largest absolute Gasteiger partial charge is 0.497 e. The van der Waals surface area contributed by atoms with Crippen LogP contribution in [-0.2, 0) is 17.9 Å². The summed E-state index contributed by atoms with van der Waals surface area (Å²) in [6.07, 6.45) is 5.00. The monoisotopic (exact) mass is 453 g/mol. The molecule has 9 nitrogen and oxygen atoms in total. The van der Waals surface area contributed by atoms with Crippen LogP contribution in [0.3, 0.4) is 0 Å². The van der Waals surface area contributed by atoms with Gasteiger partial charge in [0.05, 0.1) is 20.0 Å². The van der Waals surface area contributed by atoms with Gasteiger partial charge in [0.25, 0.3) is 11.8 Å². The maximum absolute atomic E-state index is 13.6. The van der Waals surface area contributed by atoms with E-state index in [2.05, 4.69) is 15.6 Å². The van der Waals surface area contributed by atoms with E-state index in [1.807, 2.05) is 31.2 Å². The number of fused-ring (bicyclic) bond motifs is 1. The molecular weight excluding hydrogens is 422 g/mol. The van der Waals surface area contributed by atoms with E-state index in [-0.39, 0.29) is 41.7 Å². The fraction of sp³-hybridized carbons (Fsp3) is 0.500. The standard InChI is InChI=1S/C24H31N5O4/c1-4-5-12-25-21(30)19-20-22(31)29(17-8-9-17)24(2,14-28(20)15-27-19)23(32)26-13-16-6-10-18(33-3)11-7-16/h6-7,10-11,15,17H,4-5,8-9,12-14H2,1-3H3,(H,25,30)(H,26,32). The highest BCUT2D eigenvalue weighted by Crippen LogP contribution is 2.38. The number of nitrogens with zero attached hydrogens (tertiary/aromatic N) is 3. The van der Waals surface area contributed by atoms with E-state index in [0.29, 0.717) is 13.1 Å². The van der Waals surface area contributed by atoms with Gasteiger partial charge in [-0.2, -0.15) is 0 Å². The fourth-order valence-corrected chi connectivity index (χ4v) is 4.30. The van der Waals surface area contributed by atoms with Crippen molar-refractivity contribution in [2.75, 3.05) is 13.7 Å². The molecule has 0 saturated heterocycles. The van der Waals surface area contributed by atoms with Crippen LogP contribution in [-0.4, -0.2) is 57.4 Å². The molecule has 4 rings (SSSR count). The number of hydrogen-bond acceptors (Lipinski definition) is 5. The Hall–Kier alpha value is -3.36. The van der Waals surface area contributed by atoms with Crippen LogP contribution in [0.25, 0.3) is 0 Å². The summed E-state index contributed by atoms with van der Waals surface area (Å²) in [6, 6.07) is 7.46. The molecule has 33 heavy (non-hydrogen) atoms. The average molecular weight is 454 g/mol. The van der Waals surface area contributed by atoms with Crippen molar-refractivity contribution in [1.29, 1.82) is 0 Å². The van der Waals surface area contributed by atoms with Gasteiger partial charge >= 0.3 is 0 Å². The lowest BCUT2D eigenvalue weighted by molar-refractivity contribution is -0.133. The summed E-state index contributed by atoms with van der Waals surface area (Å²) in [4.78, 5) is 45.5. The van der Waals surface area contributed by atoms with Crippen LogP contribution >= 0.6 is 0 Å². The summed E-state index contributed by atoms with van der Waals surface area (Å²) in [5.74, 6) is -0.151. The lowest BCUT2D eigenvalue weighted by Gasteiger charge is -2.44. The van der Waals surface area contributed by atoms with Crippen LogP contribution in [0.2, 0.25) is 0 Å². The minimum Gasteiger partial charge on any atom is -0.497 e. The Morgan fingerprint density at radius 2 is 1.94 bits per heavy atom. The SMILES string of the molecule is CCCCNC(=O)c1ncn2c1C(=O)N(C1CC1)C(C)(C(=O)NCc1ccc(OC)cc1)C2. The predicted molar refractivity (Wildman–Crippen MR) is 122 cm³/mol. The van der Waals surface area contributed by atoms with Crippen molar-refractivity contribution in [1.82, 2.24) is 25.1 Å². The highest BCUT2D eigenvalue weighted by molar-refractivity contribution is 6.07. The number of aromatic nitrogens is 2. The highest BCUT2D eigenvalue weighted by Gasteiger charge is 2.53. The van der Waals surface area contributed by atoms with Gasteiger partial charge in [-0.05, 0) is 43.9 Å². The Bertz CT molecular complexity index is 1040. The van der Waals surface area contributed by atoms with Gasteiger partial charge in [0.15, 0.2) is 5.69 Å². The molecule has 9 heteroatoms. The molecule has 1 aliphatic carbocycles. The molecule has 176 valence electrons. The third-order valence-electron chi connectivity index (χ3n) is 6.31. The number of benzene rings is 1. The number of unbranched alkanes of at least 4 members (excludes halogenated alkanes) is 1. The molecule has 2 aromatic rings. The van der Waals surface area contributed by atoms with Crippen LogP contribution in [0.1, 0.15) is 66.1 Å². The zero-order valence-electron chi connectivity index (χ0n) is 19.4. The van der Waals surface area contributed by atoms with E-state index in [1.165, 1.54) is 6.33 Å². The summed E-state index contributed by atoms with van der Waals surface area (Å²) in [7, 11) is 1.61. The molecule has 2 aliphatic rings. The van der Waals surface area contributed by atoms with Gasteiger partial charge in [0.2, 0.25) is 5.91 Å². The predicted octanol–water partition coefficient (Wildman–Crippen LogP) is 2.11. The zero-order valence-corrected chi connectivity index (χ0v) is 19.4. The molecule has 0 bridgehead atoms. The van der Waals surface area contributed by atoms with Crippen molar-refractivity contribution in [2.45, 2.75) is 64.2 Å². The van der Waals surface area contributed by atoms with Gasteiger partial charge in [0, 0.05) is 19.1 Å². The number of rotatable bonds is 9. The van der Waals surface area contributed by atoms with Crippen molar-refractivity contribution in [2.24, 2.45) is 0 Å². The number of amides is 3. The van der Waals surface area contributed by atoms with Crippen molar-refractivity contribution < 1.29 is 19.1 Å². The van der Waals surface area contributed by atoms with Crippen molar-refractivity contribution >= 4 is 17.7 Å². The molecule has 2 N–H and O–H groups in total.